The molecule has 0 aromatic carbocycles. The monoisotopic (exact) mass is 202 g/mol. The average Bonchev–Trinajstić information content (AvgIpc) is 2.71. The fourth-order valence-electron chi connectivity index (χ4n) is 5.67. The summed E-state index contributed by atoms with van der Waals surface area (Å²) in [6.07, 6.45) is 3.46. The van der Waals surface area contributed by atoms with Gasteiger partial charge in [0.1, 0.15) is 5.78 Å². The van der Waals surface area contributed by atoms with E-state index >= 15 is 0 Å². The van der Waals surface area contributed by atoms with Crippen molar-refractivity contribution >= 4 is 5.78 Å². The van der Waals surface area contributed by atoms with Crippen molar-refractivity contribution < 1.29 is 4.79 Å². The molecule has 4 saturated carbocycles. The smallest absolute Gasteiger partial charge is 0.140 e. The quantitative estimate of drug-likeness (QED) is 0.552. The molecule has 0 aromatic heterocycles. The number of carbonyl (C=O) groups excluding carboxylic acids is 1. The van der Waals surface area contributed by atoms with Gasteiger partial charge in [-0.05, 0) is 36.5 Å². The van der Waals surface area contributed by atoms with E-state index in [2.05, 4.69) is 20.4 Å². The van der Waals surface area contributed by atoms with E-state index < -0.39 is 0 Å². The van der Waals surface area contributed by atoms with Gasteiger partial charge < -0.3 is 0 Å². The van der Waals surface area contributed by atoms with Crippen molar-refractivity contribution in [2.45, 2.75) is 33.1 Å². The maximum Gasteiger partial charge on any atom is 0.140 e. The molecule has 0 amide bonds. The van der Waals surface area contributed by atoms with E-state index in [-0.39, 0.29) is 5.41 Å². The molecule has 80 valence electrons. The van der Waals surface area contributed by atoms with E-state index in [0.29, 0.717) is 34.9 Å². The Kier molecular flexibility index (Phi) is 1.12. The molecule has 1 nitrogen and oxygen atoms in total. The molecule has 0 aromatic rings. The molecular formula is C14H18O. The third-order valence-electron chi connectivity index (χ3n) is 5.95. The molecule has 0 aliphatic heterocycles. The number of carbonyl (C=O) groups is 1. The second-order valence-electron chi connectivity index (χ2n) is 6.88. The maximum atomic E-state index is 12.3. The Labute approximate surface area is 90.9 Å². The summed E-state index contributed by atoms with van der Waals surface area (Å²) in [5, 5.41) is 0. The third-order valence-corrected chi connectivity index (χ3v) is 5.95. The molecule has 1 spiro atoms. The van der Waals surface area contributed by atoms with Crippen molar-refractivity contribution in [3.63, 3.8) is 0 Å². The average molecular weight is 202 g/mol. The molecule has 0 saturated heterocycles. The predicted molar refractivity (Wildman–Crippen MR) is 58.2 cm³/mol. The fraction of sp³-hybridized carbons (Fsp3) is 0.786. The van der Waals surface area contributed by atoms with Gasteiger partial charge in [0.05, 0.1) is 0 Å². The molecular weight excluding hydrogens is 184 g/mol. The Balaban J connectivity index is 1.93. The summed E-state index contributed by atoms with van der Waals surface area (Å²) < 4.78 is 0. The molecule has 15 heavy (non-hydrogen) atoms. The Morgan fingerprint density at radius 3 is 2.80 bits per heavy atom. The molecule has 1 heteroatoms. The van der Waals surface area contributed by atoms with E-state index in [0.717, 1.165) is 12.8 Å². The lowest BCUT2D eigenvalue weighted by Gasteiger charge is -2.31. The first-order valence-corrected chi connectivity index (χ1v) is 6.22. The van der Waals surface area contributed by atoms with E-state index in [1.807, 2.05) is 0 Å². The highest BCUT2D eigenvalue weighted by Crippen LogP contribution is 2.84. The molecule has 4 aliphatic carbocycles. The minimum Gasteiger partial charge on any atom is -0.299 e. The zero-order valence-electron chi connectivity index (χ0n) is 9.55. The molecule has 4 fully saturated rings. The first-order chi connectivity index (χ1) is 7.00. The summed E-state index contributed by atoms with van der Waals surface area (Å²) >= 11 is 0. The van der Waals surface area contributed by atoms with Gasteiger partial charge in [-0.1, -0.05) is 26.0 Å². The van der Waals surface area contributed by atoms with Gasteiger partial charge in [0, 0.05) is 17.3 Å². The van der Waals surface area contributed by atoms with Crippen molar-refractivity contribution in [3.8, 4) is 0 Å². The van der Waals surface area contributed by atoms with E-state index in [9.17, 15) is 4.79 Å². The lowest BCUT2D eigenvalue weighted by molar-refractivity contribution is -0.123. The van der Waals surface area contributed by atoms with Gasteiger partial charge in [0.25, 0.3) is 0 Å². The Hall–Kier alpha value is -0.590. The summed E-state index contributed by atoms with van der Waals surface area (Å²) in [4.78, 5) is 12.3. The topological polar surface area (TPSA) is 17.1 Å². The normalized spacial score (nSPS) is 58.3. The molecule has 0 bridgehead atoms. The number of hydrogen-bond acceptors (Lipinski definition) is 1. The van der Waals surface area contributed by atoms with Crippen molar-refractivity contribution in [2.24, 2.45) is 34.5 Å². The van der Waals surface area contributed by atoms with Crippen LogP contribution in [0.3, 0.4) is 0 Å². The molecule has 4 rings (SSSR count). The zero-order chi connectivity index (χ0) is 10.6. The Morgan fingerprint density at radius 1 is 1.33 bits per heavy atom. The van der Waals surface area contributed by atoms with Gasteiger partial charge in [-0.15, -0.1) is 0 Å². The first kappa shape index (κ1) is 8.55. The van der Waals surface area contributed by atoms with Crippen LogP contribution in [0, 0.1) is 34.5 Å². The number of hydrogen-bond donors (Lipinski definition) is 0. The minimum absolute atomic E-state index is 0.274. The van der Waals surface area contributed by atoms with Crippen LogP contribution in [0.5, 0.6) is 0 Å². The van der Waals surface area contributed by atoms with Gasteiger partial charge in [-0.2, -0.15) is 0 Å². The van der Waals surface area contributed by atoms with Gasteiger partial charge in [-0.3, -0.25) is 4.79 Å². The number of allylic oxidation sites excluding steroid dienone is 1. The van der Waals surface area contributed by atoms with Crippen LogP contribution in [0.25, 0.3) is 0 Å². The van der Waals surface area contributed by atoms with Crippen LogP contribution in [0.15, 0.2) is 12.2 Å². The number of rotatable bonds is 0. The molecule has 5 atom stereocenters. The molecule has 0 N–H and O–H groups in total. The zero-order valence-corrected chi connectivity index (χ0v) is 9.55. The van der Waals surface area contributed by atoms with Crippen molar-refractivity contribution in [3.05, 3.63) is 12.2 Å². The van der Waals surface area contributed by atoms with E-state index in [4.69, 9.17) is 0 Å². The summed E-state index contributed by atoms with van der Waals surface area (Å²) in [6, 6.07) is 0. The van der Waals surface area contributed by atoms with Crippen molar-refractivity contribution in [2.75, 3.05) is 0 Å². The van der Waals surface area contributed by atoms with E-state index in [1.165, 1.54) is 12.0 Å². The molecule has 0 heterocycles. The second kappa shape index (κ2) is 1.97. The van der Waals surface area contributed by atoms with Crippen LogP contribution >= 0.6 is 0 Å². The largest absolute Gasteiger partial charge is 0.299 e. The van der Waals surface area contributed by atoms with Gasteiger partial charge in [-0.25, -0.2) is 0 Å². The third kappa shape index (κ3) is 0.636. The minimum atomic E-state index is 0.274. The van der Waals surface area contributed by atoms with Gasteiger partial charge in [0.2, 0.25) is 0 Å². The number of ketones is 1. The highest BCUT2D eigenvalue weighted by atomic mass is 16.1. The lowest BCUT2D eigenvalue weighted by atomic mass is 9.72. The standard InChI is InChI=1S/C14H18O/c1-7-4-5-8-12(15)9-10-11(9)14(7,8)6-13(10,2)3/h8-11H,1,4-6H2,2-3H3/t8-,9+,10-,11+,14-/m1/s1. The Morgan fingerprint density at radius 2 is 2.07 bits per heavy atom. The Bertz CT molecular complexity index is 404. The maximum absolute atomic E-state index is 12.3. The molecule has 4 aliphatic rings. The van der Waals surface area contributed by atoms with Crippen LogP contribution in [0.2, 0.25) is 0 Å². The summed E-state index contributed by atoms with van der Waals surface area (Å²) in [6.45, 7) is 9.01. The van der Waals surface area contributed by atoms with E-state index in [1.54, 1.807) is 0 Å². The highest BCUT2D eigenvalue weighted by Gasteiger charge is 2.82. The highest BCUT2D eigenvalue weighted by molar-refractivity contribution is 5.93. The molecule has 0 radical (unpaired) electrons. The summed E-state index contributed by atoms with van der Waals surface area (Å²) in [5.41, 5.74) is 2.09. The summed E-state index contributed by atoms with van der Waals surface area (Å²) in [5.74, 6) is 2.83. The van der Waals surface area contributed by atoms with Gasteiger partial charge in [0.15, 0.2) is 0 Å². The number of fused-ring (bicyclic) bond motifs is 1. The fourth-order valence-corrected chi connectivity index (χ4v) is 5.67. The van der Waals surface area contributed by atoms with Crippen LogP contribution in [0.4, 0.5) is 0 Å². The van der Waals surface area contributed by atoms with Crippen LogP contribution < -0.4 is 0 Å². The lowest BCUT2D eigenvalue weighted by Crippen LogP contribution is -2.27. The van der Waals surface area contributed by atoms with Gasteiger partial charge >= 0.3 is 0 Å². The van der Waals surface area contributed by atoms with Crippen LogP contribution in [-0.2, 0) is 4.79 Å². The second-order valence-corrected chi connectivity index (χ2v) is 6.88. The van der Waals surface area contributed by atoms with Crippen LogP contribution in [-0.4, -0.2) is 5.78 Å². The summed E-state index contributed by atoms with van der Waals surface area (Å²) in [7, 11) is 0. The van der Waals surface area contributed by atoms with Crippen molar-refractivity contribution in [1.82, 2.24) is 0 Å². The molecule has 0 unspecified atom stereocenters. The number of Topliss-reactive ketones (excluding diaryl/α,β-unsaturated/α-hetero) is 1. The van der Waals surface area contributed by atoms with Crippen LogP contribution in [0.1, 0.15) is 33.1 Å². The first-order valence-electron chi connectivity index (χ1n) is 6.22. The SMILES string of the molecule is C=C1CC[C@@H]2C(=O)[C@H]3[C@@H]4[C@H]3[C@]12CC4(C)C. The van der Waals surface area contributed by atoms with Crippen molar-refractivity contribution in [1.29, 1.82) is 0 Å². The predicted octanol–water partition coefficient (Wildman–Crippen LogP) is 2.81.